The lowest BCUT2D eigenvalue weighted by atomic mass is 9.98. The highest BCUT2D eigenvalue weighted by Gasteiger charge is 2.20. The predicted octanol–water partition coefficient (Wildman–Crippen LogP) is 1.56. The van der Waals surface area contributed by atoms with E-state index in [0.717, 1.165) is 17.3 Å². The molecule has 0 saturated carbocycles. The monoisotopic (exact) mass is 410 g/mol. The smallest absolute Gasteiger partial charge is 0.287 e. The minimum absolute atomic E-state index is 0.0562. The van der Waals surface area contributed by atoms with Gasteiger partial charge in [-0.15, -0.1) is 0 Å². The molecule has 8 nitrogen and oxygen atoms in total. The number of hydrogen-bond donors (Lipinski definition) is 4. The van der Waals surface area contributed by atoms with Crippen LogP contribution in [-0.4, -0.2) is 33.0 Å². The Morgan fingerprint density at radius 3 is 2.10 bits per heavy atom. The van der Waals surface area contributed by atoms with Crippen LogP contribution in [-0.2, 0) is 0 Å². The molecule has 1 aromatic heterocycles. The van der Waals surface area contributed by atoms with Crippen molar-refractivity contribution in [1.82, 2.24) is 20.6 Å². The van der Waals surface area contributed by atoms with Crippen LogP contribution in [0.2, 0.25) is 0 Å². The maximum absolute atomic E-state index is 12.8. The Bertz CT molecular complexity index is 1000. The lowest BCUT2D eigenvalue weighted by molar-refractivity contribution is 0.0929. The summed E-state index contributed by atoms with van der Waals surface area (Å²) in [6.07, 6.45) is 1.12. The topological polar surface area (TPSA) is 124 Å². The third-order valence-corrected chi connectivity index (χ3v) is 4.46. The van der Waals surface area contributed by atoms with Crippen molar-refractivity contribution < 1.29 is 14.5 Å². The van der Waals surface area contributed by atoms with E-state index >= 15 is 0 Å². The van der Waals surface area contributed by atoms with Gasteiger partial charge in [-0.2, -0.15) is 0 Å². The van der Waals surface area contributed by atoms with E-state index in [2.05, 4.69) is 20.6 Å². The van der Waals surface area contributed by atoms with Crippen molar-refractivity contribution in [3.8, 4) is 0 Å². The van der Waals surface area contributed by atoms with Gasteiger partial charge in [-0.05, 0) is 11.1 Å². The van der Waals surface area contributed by atoms with E-state index in [1.165, 1.54) is 0 Å². The normalized spacial score (nSPS) is 11.0. The second kappa shape index (κ2) is 9.73. The number of carbonyl (C=O) groups excluding carboxylic acids is 2. The first-order valence-electron chi connectivity index (χ1n) is 8.75. The summed E-state index contributed by atoms with van der Waals surface area (Å²) in [7, 11) is -0.460. The molecule has 0 spiro atoms. The standard InChI is InChI=1S/C20H19N4O4P/c25-18(15-11-21-17(24-19(15)26)20(27)22-12-29-28)23-16(13-7-3-1-4-8-13)14-9-5-2-6-10-14/h1-11,16,28-29H,12H2,(H,22,27)(H,23,25)(H,21,24,26). The fourth-order valence-corrected chi connectivity index (χ4v) is 2.97. The van der Waals surface area contributed by atoms with E-state index in [9.17, 15) is 14.4 Å². The SMILES string of the molecule is O=C(NCPO)c1ncc(C(=O)NC(c2ccccc2)c2ccccc2)c(=O)[nH]1. The molecule has 2 aromatic carbocycles. The van der Waals surface area contributed by atoms with Crippen LogP contribution < -0.4 is 16.2 Å². The van der Waals surface area contributed by atoms with Crippen LogP contribution in [0.5, 0.6) is 0 Å². The molecule has 0 saturated heterocycles. The lowest BCUT2D eigenvalue weighted by Crippen LogP contribution is -2.35. The average molecular weight is 410 g/mol. The Hall–Kier alpha value is -3.35. The van der Waals surface area contributed by atoms with Gasteiger partial charge in [-0.3, -0.25) is 14.4 Å². The molecule has 29 heavy (non-hydrogen) atoms. The van der Waals surface area contributed by atoms with E-state index in [-0.39, 0.29) is 17.7 Å². The second-order valence-electron chi connectivity index (χ2n) is 6.04. The molecular weight excluding hydrogens is 391 g/mol. The quantitative estimate of drug-likeness (QED) is 0.440. The van der Waals surface area contributed by atoms with Crippen molar-refractivity contribution in [2.24, 2.45) is 0 Å². The molecular formula is C20H19N4O4P. The van der Waals surface area contributed by atoms with Gasteiger partial charge in [-0.1, -0.05) is 60.7 Å². The fourth-order valence-electron chi connectivity index (χ4n) is 2.73. The number of nitrogens with zero attached hydrogens (tertiary/aromatic N) is 1. The van der Waals surface area contributed by atoms with Gasteiger partial charge in [0.1, 0.15) is 5.56 Å². The first kappa shape index (κ1) is 20.4. The van der Waals surface area contributed by atoms with Crippen molar-refractivity contribution in [2.45, 2.75) is 6.04 Å². The van der Waals surface area contributed by atoms with Gasteiger partial charge in [-0.25, -0.2) is 4.98 Å². The molecule has 0 fully saturated rings. The molecule has 1 heterocycles. The first-order valence-corrected chi connectivity index (χ1v) is 9.91. The van der Waals surface area contributed by atoms with Gasteiger partial charge in [0.2, 0.25) is 0 Å². The zero-order valence-electron chi connectivity index (χ0n) is 15.3. The van der Waals surface area contributed by atoms with Crippen LogP contribution >= 0.6 is 8.81 Å². The Morgan fingerprint density at radius 1 is 1.00 bits per heavy atom. The van der Waals surface area contributed by atoms with E-state index in [1.54, 1.807) is 0 Å². The van der Waals surface area contributed by atoms with Crippen LogP contribution in [0.1, 0.15) is 38.1 Å². The Morgan fingerprint density at radius 2 is 1.59 bits per heavy atom. The van der Waals surface area contributed by atoms with Crippen molar-refractivity contribution in [2.75, 3.05) is 6.29 Å². The first-order chi connectivity index (χ1) is 14.1. The second-order valence-corrected chi connectivity index (χ2v) is 6.71. The summed E-state index contributed by atoms with van der Waals surface area (Å²) in [5, 5.41) is 5.25. The summed E-state index contributed by atoms with van der Waals surface area (Å²) >= 11 is 0. The maximum Gasteiger partial charge on any atom is 0.287 e. The number of hydrogen-bond acceptors (Lipinski definition) is 5. The van der Waals surface area contributed by atoms with Crippen LogP contribution in [0.4, 0.5) is 0 Å². The van der Waals surface area contributed by atoms with Crippen LogP contribution in [0, 0.1) is 0 Å². The summed E-state index contributed by atoms with van der Waals surface area (Å²) in [5.74, 6) is -1.48. The molecule has 2 amide bonds. The highest BCUT2D eigenvalue weighted by Crippen LogP contribution is 2.22. The summed E-state index contributed by atoms with van der Waals surface area (Å²) in [4.78, 5) is 51.9. The van der Waals surface area contributed by atoms with E-state index in [4.69, 9.17) is 4.89 Å². The van der Waals surface area contributed by atoms with Gasteiger partial charge < -0.3 is 20.5 Å². The number of amides is 2. The Balaban J connectivity index is 1.85. The minimum atomic E-state index is -0.728. The molecule has 3 rings (SSSR count). The lowest BCUT2D eigenvalue weighted by Gasteiger charge is -2.19. The predicted molar refractivity (Wildman–Crippen MR) is 110 cm³/mol. The molecule has 9 heteroatoms. The zero-order chi connectivity index (χ0) is 20.6. The van der Waals surface area contributed by atoms with Gasteiger partial charge in [0.15, 0.2) is 5.82 Å². The molecule has 148 valence electrons. The number of rotatable bonds is 7. The van der Waals surface area contributed by atoms with Gasteiger partial charge >= 0.3 is 0 Å². The molecule has 3 aromatic rings. The number of aromatic amines is 1. The molecule has 0 aliphatic rings. The van der Waals surface area contributed by atoms with Gasteiger partial charge in [0.25, 0.3) is 17.4 Å². The van der Waals surface area contributed by atoms with Crippen molar-refractivity contribution in [1.29, 1.82) is 0 Å². The molecule has 4 N–H and O–H groups in total. The van der Waals surface area contributed by atoms with Crippen molar-refractivity contribution >= 4 is 20.6 Å². The largest absolute Gasteiger partial charge is 0.375 e. The third kappa shape index (κ3) is 5.13. The average Bonchev–Trinajstić information content (AvgIpc) is 2.76. The number of carbonyl (C=O) groups is 2. The van der Waals surface area contributed by atoms with E-state index in [0.29, 0.717) is 0 Å². The number of benzene rings is 2. The number of aromatic nitrogens is 2. The summed E-state index contributed by atoms with van der Waals surface area (Å²) in [6.45, 7) is 0. The zero-order valence-corrected chi connectivity index (χ0v) is 16.3. The maximum atomic E-state index is 12.8. The Labute approximate surface area is 168 Å². The fraction of sp³-hybridized carbons (Fsp3) is 0.100. The Kier molecular flexibility index (Phi) is 6.84. The highest BCUT2D eigenvalue weighted by atomic mass is 31.1. The molecule has 1 atom stereocenters. The minimum Gasteiger partial charge on any atom is -0.375 e. The summed E-state index contributed by atoms with van der Waals surface area (Å²) in [5.41, 5.74) is 0.783. The van der Waals surface area contributed by atoms with E-state index < -0.39 is 32.2 Å². The number of H-pyrrole nitrogens is 1. The van der Waals surface area contributed by atoms with Crippen molar-refractivity contribution in [3.63, 3.8) is 0 Å². The summed E-state index contributed by atoms with van der Waals surface area (Å²) < 4.78 is 0. The highest BCUT2D eigenvalue weighted by molar-refractivity contribution is 7.31. The van der Waals surface area contributed by atoms with Gasteiger partial charge in [0.05, 0.1) is 12.3 Å². The summed E-state index contributed by atoms with van der Waals surface area (Å²) in [6, 6.07) is 18.3. The van der Waals surface area contributed by atoms with Crippen LogP contribution in [0.3, 0.4) is 0 Å². The van der Waals surface area contributed by atoms with Crippen LogP contribution in [0.25, 0.3) is 0 Å². The van der Waals surface area contributed by atoms with E-state index in [1.807, 2.05) is 60.7 Å². The van der Waals surface area contributed by atoms with Gasteiger partial charge in [0, 0.05) is 15.0 Å². The molecule has 0 aliphatic carbocycles. The number of nitrogens with one attached hydrogen (secondary N) is 3. The van der Waals surface area contributed by atoms with Crippen LogP contribution in [0.15, 0.2) is 71.7 Å². The molecule has 0 radical (unpaired) electrons. The molecule has 1 unspecified atom stereocenters. The third-order valence-electron chi connectivity index (χ3n) is 4.13. The van der Waals surface area contributed by atoms with Crippen molar-refractivity contribution in [3.05, 3.63) is 99.7 Å². The molecule has 0 aliphatic heterocycles. The molecule has 0 bridgehead atoms.